The molecule has 33 heavy (non-hydrogen) atoms. The van der Waals surface area contributed by atoms with Gasteiger partial charge in [0.2, 0.25) is 5.91 Å². The van der Waals surface area contributed by atoms with Crippen LogP contribution in [0.15, 0.2) is 78.9 Å². The minimum Gasteiger partial charge on any atom is -0.491 e. The van der Waals surface area contributed by atoms with E-state index >= 15 is 0 Å². The molecule has 0 radical (unpaired) electrons. The molecule has 0 fully saturated rings. The zero-order chi connectivity index (χ0) is 23.6. The second-order valence-corrected chi connectivity index (χ2v) is 7.95. The highest BCUT2D eigenvalue weighted by molar-refractivity contribution is 5.95. The minimum absolute atomic E-state index is 0.0886. The lowest BCUT2D eigenvalue weighted by atomic mass is 10.1. The molecule has 6 nitrogen and oxygen atoms in total. The Labute approximate surface area is 195 Å². The maximum absolute atomic E-state index is 12.5. The van der Waals surface area contributed by atoms with Crippen LogP contribution in [0.2, 0.25) is 0 Å². The fraction of sp³-hybridized carbons (Fsp3) is 0.259. The Bertz CT molecular complexity index is 1050. The van der Waals surface area contributed by atoms with E-state index in [1.165, 1.54) is 0 Å². The molecule has 0 saturated heterocycles. The predicted octanol–water partition coefficient (Wildman–Crippen LogP) is 5.41. The Morgan fingerprint density at radius 3 is 2.30 bits per heavy atom. The molecule has 3 aromatic rings. The monoisotopic (exact) mass is 445 g/mol. The lowest BCUT2D eigenvalue weighted by Crippen LogP contribution is -2.26. The molecule has 0 aliphatic rings. The number of hydrogen-bond donors (Lipinski definition) is 3. The van der Waals surface area contributed by atoms with Gasteiger partial charge in [0.15, 0.2) is 0 Å². The number of carbonyl (C=O) groups is 2. The molecule has 2 amide bonds. The van der Waals surface area contributed by atoms with Crippen molar-refractivity contribution in [3.05, 3.63) is 90.0 Å². The molecule has 0 bridgehead atoms. The van der Waals surface area contributed by atoms with Crippen LogP contribution in [0, 0.1) is 0 Å². The van der Waals surface area contributed by atoms with E-state index in [9.17, 15) is 9.59 Å². The van der Waals surface area contributed by atoms with E-state index in [-0.39, 0.29) is 30.5 Å². The van der Waals surface area contributed by atoms with Crippen molar-refractivity contribution in [1.29, 1.82) is 0 Å². The normalized spacial score (nSPS) is 12.3. The van der Waals surface area contributed by atoms with Crippen LogP contribution in [0.5, 0.6) is 5.75 Å². The van der Waals surface area contributed by atoms with E-state index in [4.69, 9.17) is 4.74 Å². The van der Waals surface area contributed by atoms with Gasteiger partial charge in [-0.25, -0.2) is 0 Å². The molecule has 0 saturated carbocycles. The van der Waals surface area contributed by atoms with Gasteiger partial charge in [-0.1, -0.05) is 43.3 Å². The van der Waals surface area contributed by atoms with Crippen molar-refractivity contribution < 1.29 is 14.3 Å². The van der Waals surface area contributed by atoms with Gasteiger partial charge in [-0.3, -0.25) is 9.59 Å². The fourth-order valence-electron chi connectivity index (χ4n) is 3.19. The molecule has 0 spiro atoms. The van der Waals surface area contributed by atoms with E-state index in [0.29, 0.717) is 11.3 Å². The van der Waals surface area contributed by atoms with E-state index in [1.54, 1.807) is 24.3 Å². The molecular formula is C27H31N3O3. The van der Waals surface area contributed by atoms with Crippen LogP contribution in [0.1, 0.15) is 49.2 Å². The van der Waals surface area contributed by atoms with Crippen molar-refractivity contribution in [3.8, 4) is 5.75 Å². The van der Waals surface area contributed by atoms with Crippen molar-refractivity contribution in [1.82, 2.24) is 5.32 Å². The Hall–Kier alpha value is -3.80. The molecule has 0 aromatic heterocycles. The molecule has 172 valence electrons. The fourth-order valence-corrected chi connectivity index (χ4v) is 3.19. The number of nitrogens with one attached hydrogen (secondary N) is 3. The minimum atomic E-state index is -0.172. The Morgan fingerprint density at radius 2 is 1.61 bits per heavy atom. The van der Waals surface area contributed by atoms with Gasteiger partial charge in [-0.05, 0) is 62.2 Å². The standard InChI is InChI=1S/C27H31N3O3/c1-4-19(2)33-25-12-8-11-24(17-25)30-26(31)18-28-23-15-13-22(14-16-23)27(32)29-20(3)21-9-6-5-7-10-21/h5-17,19-20,28H,4,18H2,1-3H3,(H,29,32)(H,30,31). The number of ether oxygens (including phenoxy) is 1. The smallest absolute Gasteiger partial charge is 0.251 e. The first-order valence-electron chi connectivity index (χ1n) is 11.2. The summed E-state index contributed by atoms with van der Waals surface area (Å²) in [5, 5.41) is 8.94. The molecule has 3 aromatic carbocycles. The average Bonchev–Trinajstić information content (AvgIpc) is 2.83. The molecular weight excluding hydrogens is 414 g/mol. The van der Waals surface area contributed by atoms with Crippen LogP contribution in [0.4, 0.5) is 11.4 Å². The number of amides is 2. The Morgan fingerprint density at radius 1 is 0.879 bits per heavy atom. The first kappa shape index (κ1) is 23.9. The Kier molecular flexibility index (Phi) is 8.47. The number of anilines is 2. The van der Waals surface area contributed by atoms with Gasteiger partial charge in [0, 0.05) is 23.0 Å². The van der Waals surface area contributed by atoms with Crippen LogP contribution in [0.3, 0.4) is 0 Å². The van der Waals surface area contributed by atoms with Gasteiger partial charge >= 0.3 is 0 Å². The summed E-state index contributed by atoms with van der Waals surface area (Å²) in [5.41, 5.74) is 3.05. The van der Waals surface area contributed by atoms with Crippen molar-refractivity contribution in [2.24, 2.45) is 0 Å². The van der Waals surface area contributed by atoms with E-state index in [1.807, 2.05) is 68.4 Å². The summed E-state index contributed by atoms with van der Waals surface area (Å²) < 4.78 is 5.79. The number of hydrogen-bond acceptors (Lipinski definition) is 4. The van der Waals surface area contributed by atoms with Gasteiger partial charge < -0.3 is 20.7 Å². The third-order valence-corrected chi connectivity index (χ3v) is 5.28. The second kappa shape index (κ2) is 11.7. The highest BCUT2D eigenvalue weighted by atomic mass is 16.5. The average molecular weight is 446 g/mol. The summed E-state index contributed by atoms with van der Waals surface area (Å²) in [6.07, 6.45) is 1.02. The maximum Gasteiger partial charge on any atom is 0.251 e. The summed E-state index contributed by atoms with van der Waals surface area (Å²) in [5.74, 6) is 0.412. The molecule has 3 N–H and O–H groups in total. The molecule has 3 rings (SSSR count). The summed E-state index contributed by atoms with van der Waals surface area (Å²) in [7, 11) is 0. The van der Waals surface area contributed by atoms with Gasteiger partial charge in [0.05, 0.1) is 18.7 Å². The largest absolute Gasteiger partial charge is 0.491 e. The topological polar surface area (TPSA) is 79.5 Å². The lowest BCUT2D eigenvalue weighted by Gasteiger charge is -2.15. The quantitative estimate of drug-likeness (QED) is 0.390. The van der Waals surface area contributed by atoms with Gasteiger partial charge in [0.25, 0.3) is 5.91 Å². The summed E-state index contributed by atoms with van der Waals surface area (Å²) in [6, 6.07) is 24.1. The third-order valence-electron chi connectivity index (χ3n) is 5.28. The van der Waals surface area contributed by atoms with E-state index in [2.05, 4.69) is 22.9 Å². The molecule has 0 heterocycles. The molecule has 0 aliphatic carbocycles. The molecule has 6 heteroatoms. The summed E-state index contributed by atoms with van der Waals surface area (Å²) in [6.45, 7) is 6.13. The van der Waals surface area contributed by atoms with Crippen molar-refractivity contribution in [2.75, 3.05) is 17.2 Å². The molecule has 2 atom stereocenters. The van der Waals surface area contributed by atoms with Crippen LogP contribution >= 0.6 is 0 Å². The lowest BCUT2D eigenvalue weighted by molar-refractivity contribution is -0.114. The third kappa shape index (κ3) is 7.38. The SMILES string of the molecule is CCC(C)Oc1cccc(NC(=O)CNc2ccc(C(=O)NC(C)c3ccccc3)cc2)c1. The van der Waals surface area contributed by atoms with Crippen molar-refractivity contribution in [2.45, 2.75) is 39.3 Å². The van der Waals surface area contributed by atoms with Crippen LogP contribution in [-0.2, 0) is 4.79 Å². The van der Waals surface area contributed by atoms with E-state index in [0.717, 1.165) is 23.4 Å². The second-order valence-electron chi connectivity index (χ2n) is 7.95. The van der Waals surface area contributed by atoms with Gasteiger partial charge in [0.1, 0.15) is 5.75 Å². The first-order valence-corrected chi connectivity index (χ1v) is 11.2. The van der Waals surface area contributed by atoms with E-state index < -0.39 is 0 Å². The first-order chi connectivity index (χ1) is 15.9. The van der Waals surface area contributed by atoms with Gasteiger partial charge in [-0.2, -0.15) is 0 Å². The van der Waals surface area contributed by atoms with Crippen molar-refractivity contribution in [3.63, 3.8) is 0 Å². The number of benzene rings is 3. The maximum atomic E-state index is 12.5. The number of carbonyl (C=O) groups excluding carboxylic acids is 2. The highest BCUT2D eigenvalue weighted by Gasteiger charge is 2.11. The number of rotatable bonds is 10. The highest BCUT2D eigenvalue weighted by Crippen LogP contribution is 2.19. The summed E-state index contributed by atoms with van der Waals surface area (Å²) in [4.78, 5) is 24.8. The predicted molar refractivity (Wildman–Crippen MR) is 133 cm³/mol. The molecule has 2 unspecified atom stereocenters. The zero-order valence-corrected chi connectivity index (χ0v) is 19.3. The summed E-state index contributed by atoms with van der Waals surface area (Å²) >= 11 is 0. The molecule has 0 aliphatic heterocycles. The zero-order valence-electron chi connectivity index (χ0n) is 19.3. The van der Waals surface area contributed by atoms with Gasteiger partial charge in [-0.15, -0.1) is 0 Å². The van der Waals surface area contributed by atoms with Crippen LogP contribution in [-0.4, -0.2) is 24.5 Å². The van der Waals surface area contributed by atoms with Crippen LogP contribution in [0.25, 0.3) is 0 Å². The Balaban J connectivity index is 1.48. The van der Waals surface area contributed by atoms with Crippen molar-refractivity contribution >= 4 is 23.2 Å². The van der Waals surface area contributed by atoms with Crippen LogP contribution < -0.4 is 20.7 Å².